The Morgan fingerprint density at radius 1 is 1.26 bits per heavy atom. The van der Waals surface area contributed by atoms with Crippen LogP contribution in [0.1, 0.15) is 46.1 Å². The van der Waals surface area contributed by atoms with Gasteiger partial charge in [0.25, 0.3) is 0 Å². The Morgan fingerprint density at radius 2 is 2.11 bits per heavy atom. The molecule has 2 aromatic rings. The lowest BCUT2D eigenvalue weighted by Crippen LogP contribution is -2.12. The van der Waals surface area contributed by atoms with Gasteiger partial charge in [0.15, 0.2) is 11.5 Å². The summed E-state index contributed by atoms with van der Waals surface area (Å²) in [6, 6.07) is 0.886. The molecule has 0 aliphatic heterocycles. The van der Waals surface area contributed by atoms with Crippen molar-refractivity contribution in [3.05, 3.63) is 12.7 Å². The second kappa shape index (κ2) is 4.79. The fraction of sp³-hybridized carbons (Fsp3) is 0.643. The van der Waals surface area contributed by atoms with Crippen molar-refractivity contribution >= 4 is 17.0 Å². The van der Waals surface area contributed by atoms with Gasteiger partial charge in [0.2, 0.25) is 0 Å². The zero-order valence-electron chi connectivity index (χ0n) is 11.8. The molecule has 0 aromatic carbocycles. The summed E-state index contributed by atoms with van der Waals surface area (Å²) in [7, 11) is 0. The Labute approximate surface area is 113 Å². The number of fused-ring (bicyclic) bond motifs is 1. The zero-order valence-corrected chi connectivity index (χ0v) is 11.8. The number of imidazole rings is 1. The van der Waals surface area contributed by atoms with Crippen LogP contribution in [-0.2, 0) is 0 Å². The summed E-state index contributed by atoms with van der Waals surface area (Å²) in [6.45, 7) is 6.52. The van der Waals surface area contributed by atoms with Gasteiger partial charge in [-0.1, -0.05) is 6.92 Å². The number of anilines is 1. The van der Waals surface area contributed by atoms with Crippen molar-refractivity contribution in [3.8, 4) is 0 Å². The zero-order chi connectivity index (χ0) is 13.4. The predicted molar refractivity (Wildman–Crippen MR) is 76.1 cm³/mol. The van der Waals surface area contributed by atoms with Crippen molar-refractivity contribution in [1.29, 1.82) is 0 Å². The van der Waals surface area contributed by atoms with Crippen LogP contribution in [0.25, 0.3) is 11.2 Å². The highest BCUT2D eigenvalue weighted by atomic mass is 15.2. The fourth-order valence-electron chi connectivity index (χ4n) is 2.93. The Balaban J connectivity index is 1.99. The molecule has 1 fully saturated rings. The van der Waals surface area contributed by atoms with E-state index in [4.69, 9.17) is 0 Å². The third-order valence-electron chi connectivity index (χ3n) is 3.84. The van der Waals surface area contributed by atoms with Gasteiger partial charge in [0, 0.05) is 12.1 Å². The van der Waals surface area contributed by atoms with Crippen LogP contribution in [0, 0.1) is 5.92 Å². The molecule has 0 bridgehead atoms. The van der Waals surface area contributed by atoms with Crippen LogP contribution in [0.3, 0.4) is 0 Å². The van der Waals surface area contributed by atoms with Crippen LogP contribution < -0.4 is 5.32 Å². The van der Waals surface area contributed by atoms with Gasteiger partial charge < -0.3 is 9.88 Å². The summed E-state index contributed by atoms with van der Waals surface area (Å²) >= 11 is 0. The minimum atomic E-state index is 0.342. The third-order valence-corrected chi connectivity index (χ3v) is 3.84. The van der Waals surface area contributed by atoms with Crippen molar-refractivity contribution in [2.45, 2.75) is 52.1 Å². The van der Waals surface area contributed by atoms with Crippen molar-refractivity contribution in [3.63, 3.8) is 0 Å². The molecule has 2 aromatic heterocycles. The SMILES string of the molecule is CC1CCC(n2cnc3c(NC(C)C)ncnc32)C1. The summed E-state index contributed by atoms with van der Waals surface area (Å²) in [5.41, 5.74) is 1.84. The Hall–Kier alpha value is -1.65. The van der Waals surface area contributed by atoms with Gasteiger partial charge in [-0.15, -0.1) is 0 Å². The van der Waals surface area contributed by atoms with Gasteiger partial charge in [0.1, 0.15) is 11.8 Å². The van der Waals surface area contributed by atoms with E-state index < -0.39 is 0 Å². The molecule has 1 saturated carbocycles. The maximum Gasteiger partial charge on any atom is 0.165 e. The maximum absolute atomic E-state index is 4.52. The van der Waals surface area contributed by atoms with E-state index in [-0.39, 0.29) is 0 Å². The summed E-state index contributed by atoms with van der Waals surface area (Å²) in [5.74, 6) is 1.64. The number of hydrogen-bond donors (Lipinski definition) is 1. The Bertz CT molecular complexity index is 574. The molecule has 1 aliphatic rings. The van der Waals surface area contributed by atoms with E-state index in [0.717, 1.165) is 22.9 Å². The number of rotatable bonds is 3. The largest absolute Gasteiger partial charge is 0.366 e. The summed E-state index contributed by atoms with van der Waals surface area (Å²) < 4.78 is 2.23. The fourth-order valence-corrected chi connectivity index (χ4v) is 2.93. The van der Waals surface area contributed by atoms with Gasteiger partial charge in [-0.25, -0.2) is 15.0 Å². The van der Waals surface area contributed by atoms with Crippen LogP contribution in [-0.4, -0.2) is 25.6 Å². The molecule has 0 spiro atoms. The highest BCUT2D eigenvalue weighted by molar-refractivity contribution is 5.82. The lowest BCUT2D eigenvalue weighted by atomic mass is 10.1. The molecule has 1 N–H and O–H groups in total. The van der Waals surface area contributed by atoms with E-state index in [2.05, 4.69) is 45.6 Å². The number of nitrogens with one attached hydrogen (secondary N) is 1. The molecular formula is C14H21N5. The first-order chi connectivity index (χ1) is 9.15. The lowest BCUT2D eigenvalue weighted by molar-refractivity contribution is 0.502. The van der Waals surface area contributed by atoms with Crippen LogP contribution in [0.15, 0.2) is 12.7 Å². The summed E-state index contributed by atoms with van der Waals surface area (Å²) in [6.07, 6.45) is 7.30. The van der Waals surface area contributed by atoms with Crippen molar-refractivity contribution in [2.75, 3.05) is 5.32 Å². The minimum absolute atomic E-state index is 0.342. The normalized spacial score (nSPS) is 23.4. The molecule has 5 heteroatoms. The van der Waals surface area contributed by atoms with Gasteiger partial charge >= 0.3 is 0 Å². The molecule has 19 heavy (non-hydrogen) atoms. The van der Waals surface area contributed by atoms with Crippen molar-refractivity contribution in [1.82, 2.24) is 19.5 Å². The van der Waals surface area contributed by atoms with Gasteiger partial charge in [-0.2, -0.15) is 0 Å². The highest BCUT2D eigenvalue weighted by Gasteiger charge is 2.25. The van der Waals surface area contributed by atoms with E-state index in [1.54, 1.807) is 6.33 Å². The average Bonchev–Trinajstić information content (AvgIpc) is 2.94. The smallest absolute Gasteiger partial charge is 0.165 e. The first-order valence-electron chi connectivity index (χ1n) is 7.09. The first-order valence-corrected chi connectivity index (χ1v) is 7.09. The maximum atomic E-state index is 4.52. The second-order valence-corrected chi connectivity index (χ2v) is 5.92. The summed E-state index contributed by atoms with van der Waals surface area (Å²) in [4.78, 5) is 13.2. The quantitative estimate of drug-likeness (QED) is 0.920. The van der Waals surface area contributed by atoms with Crippen LogP contribution >= 0.6 is 0 Å². The molecule has 2 unspecified atom stereocenters. The van der Waals surface area contributed by atoms with E-state index in [9.17, 15) is 0 Å². The predicted octanol–water partition coefficient (Wildman–Crippen LogP) is 3.01. The summed E-state index contributed by atoms with van der Waals surface area (Å²) in [5, 5.41) is 3.33. The molecule has 2 heterocycles. The lowest BCUT2D eigenvalue weighted by Gasteiger charge is -2.13. The number of hydrogen-bond acceptors (Lipinski definition) is 4. The molecular weight excluding hydrogens is 238 g/mol. The molecule has 5 nitrogen and oxygen atoms in total. The molecule has 102 valence electrons. The standard InChI is InChI=1S/C14H21N5/c1-9(2)18-13-12-14(16-7-15-13)19(8-17-12)11-5-4-10(3)6-11/h7-11H,4-6H2,1-3H3,(H,15,16,18). The van der Waals surface area contributed by atoms with E-state index >= 15 is 0 Å². The number of nitrogens with zero attached hydrogens (tertiary/aromatic N) is 4. The first kappa shape index (κ1) is 12.4. The van der Waals surface area contributed by atoms with E-state index in [1.165, 1.54) is 19.3 Å². The third kappa shape index (κ3) is 2.29. The van der Waals surface area contributed by atoms with Crippen molar-refractivity contribution < 1.29 is 0 Å². The molecule has 0 amide bonds. The van der Waals surface area contributed by atoms with Gasteiger partial charge in [-0.3, -0.25) is 0 Å². The minimum Gasteiger partial charge on any atom is -0.366 e. The monoisotopic (exact) mass is 259 g/mol. The Kier molecular flexibility index (Phi) is 3.12. The van der Waals surface area contributed by atoms with E-state index in [1.807, 2.05) is 6.33 Å². The van der Waals surface area contributed by atoms with Crippen LogP contribution in [0.5, 0.6) is 0 Å². The van der Waals surface area contributed by atoms with Crippen LogP contribution in [0.2, 0.25) is 0 Å². The highest BCUT2D eigenvalue weighted by Crippen LogP contribution is 2.35. The van der Waals surface area contributed by atoms with Gasteiger partial charge in [-0.05, 0) is 39.0 Å². The molecule has 0 saturated heterocycles. The van der Waals surface area contributed by atoms with E-state index in [0.29, 0.717) is 12.1 Å². The molecule has 2 atom stereocenters. The average molecular weight is 259 g/mol. The second-order valence-electron chi connectivity index (χ2n) is 5.92. The van der Waals surface area contributed by atoms with Crippen LogP contribution in [0.4, 0.5) is 5.82 Å². The van der Waals surface area contributed by atoms with Crippen molar-refractivity contribution in [2.24, 2.45) is 5.92 Å². The number of aromatic nitrogens is 4. The van der Waals surface area contributed by atoms with Gasteiger partial charge in [0.05, 0.1) is 6.33 Å². The molecule has 1 aliphatic carbocycles. The Morgan fingerprint density at radius 3 is 2.79 bits per heavy atom. The molecule has 0 radical (unpaired) electrons. The topological polar surface area (TPSA) is 55.6 Å². The molecule has 3 rings (SSSR count).